The number of ether oxygens (including phenoxy) is 1. The Morgan fingerprint density at radius 3 is 2.79 bits per heavy atom. The molecular weight excluding hydrogens is 286 g/mol. The van der Waals surface area contributed by atoms with Crippen LogP contribution in [0.15, 0.2) is 10.3 Å². The van der Waals surface area contributed by atoms with Crippen molar-refractivity contribution in [2.45, 2.75) is 43.7 Å². The fourth-order valence-corrected chi connectivity index (χ4v) is 5.37. The van der Waals surface area contributed by atoms with Crippen molar-refractivity contribution in [2.24, 2.45) is 0 Å². The minimum absolute atomic E-state index is 0.0932. The lowest BCUT2D eigenvalue weighted by Gasteiger charge is -2.35. The van der Waals surface area contributed by atoms with E-state index in [2.05, 4.69) is 0 Å². The molecular formula is C12H19NO4S2. The largest absolute Gasteiger partial charge is 0.391 e. The number of aliphatic hydroxyl groups is 1. The van der Waals surface area contributed by atoms with Crippen molar-refractivity contribution in [3.05, 3.63) is 16.5 Å². The van der Waals surface area contributed by atoms with Crippen LogP contribution in [-0.4, -0.2) is 43.1 Å². The summed E-state index contributed by atoms with van der Waals surface area (Å²) in [6, 6.07) is 1.47. The maximum Gasteiger partial charge on any atom is 0.252 e. The van der Waals surface area contributed by atoms with E-state index in [4.69, 9.17) is 4.74 Å². The summed E-state index contributed by atoms with van der Waals surface area (Å²) in [7, 11) is -3.50. The third-order valence-corrected chi connectivity index (χ3v) is 6.91. The van der Waals surface area contributed by atoms with E-state index in [1.54, 1.807) is 6.07 Å². The highest BCUT2D eigenvalue weighted by atomic mass is 32.2. The van der Waals surface area contributed by atoms with Crippen molar-refractivity contribution in [1.29, 1.82) is 0 Å². The topological polar surface area (TPSA) is 66.8 Å². The van der Waals surface area contributed by atoms with Crippen LogP contribution < -0.4 is 0 Å². The van der Waals surface area contributed by atoms with Crippen LogP contribution >= 0.6 is 11.3 Å². The van der Waals surface area contributed by atoms with E-state index in [9.17, 15) is 13.5 Å². The zero-order chi connectivity index (χ0) is 14.2. The molecule has 2 heterocycles. The van der Waals surface area contributed by atoms with Crippen molar-refractivity contribution in [2.75, 3.05) is 13.2 Å². The molecule has 1 aromatic heterocycles. The van der Waals surface area contributed by atoms with Gasteiger partial charge in [-0.25, -0.2) is 8.42 Å². The smallest absolute Gasteiger partial charge is 0.252 e. The molecule has 0 saturated carbocycles. The number of hydrogen-bond donors (Lipinski definition) is 1. The first kappa shape index (κ1) is 14.9. The molecule has 1 aromatic rings. The molecule has 0 aliphatic carbocycles. The standard InChI is InChI=1S/C12H19NO4S2/c1-8-4-12(18-11(8)6-14)19(15,16)13-5-10(3)17-7-9(13)2/h4,9-10,14H,5-7H2,1-3H3. The number of nitrogens with zero attached hydrogens (tertiary/aromatic N) is 1. The van der Waals surface area contributed by atoms with Gasteiger partial charge < -0.3 is 9.84 Å². The van der Waals surface area contributed by atoms with E-state index in [0.29, 0.717) is 22.2 Å². The van der Waals surface area contributed by atoms with Crippen molar-refractivity contribution < 1.29 is 18.3 Å². The lowest BCUT2D eigenvalue weighted by molar-refractivity contribution is -0.0170. The molecule has 5 nitrogen and oxygen atoms in total. The summed E-state index contributed by atoms with van der Waals surface area (Å²) >= 11 is 1.14. The minimum atomic E-state index is -3.50. The van der Waals surface area contributed by atoms with Crippen LogP contribution in [0.2, 0.25) is 0 Å². The lowest BCUT2D eigenvalue weighted by Crippen LogP contribution is -2.49. The summed E-state index contributed by atoms with van der Waals surface area (Å²) in [5, 5.41) is 9.18. The normalized spacial score (nSPS) is 25.7. The maximum atomic E-state index is 12.6. The van der Waals surface area contributed by atoms with Crippen LogP contribution in [0.25, 0.3) is 0 Å². The highest BCUT2D eigenvalue weighted by molar-refractivity contribution is 7.91. The number of aryl methyl sites for hydroxylation is 1. The van der Waals surface area contributed by atoms with Crippen molar-refractivity contribution in [3.63, 3.8) is 0 Å². The van der Waals surface area contributed by atoms with Gasteiger partial charge in [0.1, 0.15) is 4.21 Å². The quantitative estimate of drug-likeness (QED) is 0.915. The van der Waals surface area contributed by atoms with Gasteiger partial charge in [0.05, 0.1) is 19.3 Å². The van der Waals surface area contributed by atoms with Crippen LogP contribution in [0.5, 0.6) is 0 Å². The Hall–Kier alpha value is -0.470. The predicted molar refractivity (Wildman–Crippen MR) is 73.7 cm³/mol. The Morgan fingerprint density at radius 1 is 1.53 bits per heavy atom. The number of aliphatic hydroxyl groups excluding tert-OH is 1. The minimum Gasteiger partial charge on any atom is -0.391 e. The zero-order valence-corrected chi connectivity index (χ0v) is 12.9. The zero-order valence-electron chi connectivity index (χ0n) is 11.3. The molecule has 0 spiro atoms. The van der Waals surface area contributed by atoms with Gasteiger partial charge in [-0.2, -0.15) is 4.31 Å². The van der Waals surface area contributed by atoms with Crippen molar-refractivity contribution in [3.8, 4) is 0 Å². The van der Waals surface area contributed by atoms with E-state index >= 15 is 0 Å². The Kier molecular flexibility index (Phi) is 4.32. The summed E-state index contributed by atoms with van der Waals surface area (Å²) in [6.45, 7) is 6.18. The third-order valence-electron chi connectivity index (χ3n) is 3.26. The molecule has 2 rings (SSSR count). The monoisotopic (exact) mass is 305 g/mol. The van der Waals surface area contributed by atoms with Crippen LogP contribution in [0.4, 0.5) is 0 Å². The lowest BCUT2D eigenvalue weighted by atomic mass is 10.2. The average Bonchev–Trinajstić information content (AvgIpc) is 2.74. The first-order chi connectivity index (χ1) is 8.86. The molecule has 1 aliphatic heterocycles. The van der Waals surface area contributed by atoms with Crippen LogP contribution in [0, 0.1) is 6.92 Å². The van der Waals surface area contributed by atoms with Gasteiger partial charge in [0.25, 0.3) is 10.0 Å². The summed E-state index contributed by atoms with van der Waals surface area (Å²) in [5.74, 6) is 0. The van der Waals surface area contributed by atoms with Crippen LogP contribution in [-0.2, 0) is 21.4 Å². The van der Waals surface area contributed by atoms with Gasteiger partial charge >= 0.3 is 0 Å². The van der Waals surface area contributed by atoms with E-state index in [1.807, 2.05) is 20.8 Å². The van der Waals surface area contributed by atoms with E-state index in [1.165, 1.54) is 4.31 Å². The SMILES string of the molecule is Cc1cc(S(=O)(=O)N2CC(C)OCC2C)sc1CO. The van der Waals surface area contributed by atoms with Crippen molar-refractivity contribution >= 4 is 21.4 Å². The average molecular weight is 305 g/mol. The highest BCUT2D eigenvalue weighted by Crippen LogP contribution is 2.30. The second-order valence-electron chi connectivity index (χ2n) is 4.90. The molecule has 0 bridgehead atoms. The fraction of sp³-hybridized carbons (Fsp3) is 0.667. The highest BCUT2D eigenvalue weighted by Gasteiger charge is 2.35. The van der Waals surface area contributed by atoms with Gasteiger partial charge in [0.15, 0.2) is 0 Å². The Balaban J connectivity index is 2.35. The fourth-order valence-electron chi connectivity index (χ4n) is 2.10. The van der Waals surface area contributed by atoms with Gasteiger partial charge in [-0.3, -0.25) is 0 Å². The number of thiophene rings is 1. The number of hydrogen-bond acceptors (Lipinski definition) is 5. The second kappa shape index (κ2) is 5.49. The summed E-state index contributed by atoms with van der Waals surface area (Å²) in [4.78, 5) is 0.701. The summed E-state index contributed by atoms with van der Waals surface area (Å²) in [6.07, 6.45) is -0.0932. The predicted octanol–water partition coefficient (Wildman–Crippen LogP) is 1.35. The molecule has 19 heavy (non-hydrogen) atoms. The molecule has 0 radical (unpaired) electrons. The molecule has 1 saturated heterocycles. The molecule has 2 unspecified atom stereocenters. The molecule has 108 valence electrons. The van der Waals surface area contributed by atoms with Crippen molar-refractivity contribution in [1.82, 2.24) is 4.31 Å². The number of morpholine rings is 1. The van der Waals surface area contributed by atoms with Crippen LogP contribution in [0.1, 0.15) is 24.3 Å². The van der Waals surface area contributed by atoms with Gasteiger partial charge in [0, 0.05) is 17.5 Å². The first-order valence-electron chi connectivity index (χ1n) is 6.20. The second-order valence-corrected chi connectivity index (χ2v) is 8.15. The Labute approximate surface area is 117 Å². The summed E-state index contributed by atoms with van der Waals surface area (Å²) < 4.78 is 32.5. The molecule has 0 amide bonds. The number of sulfonamides is 1. The van der Waals surface area contributed by atoms with E-state index in [-0.39, 0.29) is 18.8 Å². The maximum absolute atomic E-state index is 12.6. The molecule has 1 aliphatic rings. The molecule has 1 N–H and O–H groups in total. The first-order valence-corrected chi connectivity index (χ1v) is 8.45. The molecule has 2 atom stereocenters. The third kappa shape index (κ3) is 2.85. The number of rotatable bonds is 3. The Bertz CT molecular complexity index is 552. The van der Waals surface area contributed by atoms with E-state index < -0.39 is 10.0 Å². The molecule has 7 heteroatoms. The van der Waals surface area contributed by atoms with Gasteiger partial charge in [-0.15, -0.1) is 11.3 Å². The van der Waals surface area contributed by atoms with Crippen LogP contribution in [0.3, 0.4) is 0 Å². The Morgan fingerprint density at radius 2 is 2.21 bits per heavy atom. The van der Waals surface area contributed by atoms with Gasteiger partial charge in [0.2, 0.25) is 0 Å². The summed E-state index contributed by atoms with van der Waals surface area (Å²) in [5.41, 5.74) is 0.819. The van der Waals surface area contributed by atoms with Gasteiger partial charge in [-0.1, -0.05) is 0 Å². The van der Waals surface area contributed by atoms with Gasteiger partial charge in [-0.05, 0) is 32.4 Å². The molecule has 1 fully saturated rings. The molecule has 0 aromatic carbocycles. The van der Waals surface area contributed by atoms with E-state index in [0.717, 1.165) is 16.9 Å².